The molecule has 0 bridgehead atoms. The van der Waals surface area contributed by atoms with Gasteiger partial charge in [-0.1, -0.05) is 6.92 Å². The maximum absolute atomic E-state index is 9.45. The highest BCUT2D eigenvalue weighted by Gasteiger charge is 2.27. The van der Waals surface area contributed by atoms with Gasteiger partial charge in [-0.05, 0) is 32.0 Å². The van der Waals surface area contributed by atoms with Crippen LogP contribution in [0.15, 0.2) is 24.5 Å². The normalized spacial score (nSPS) is 21.4. The monoisotopic (exact) mass is 231 g/mol. The van der Waals surface area contributed by atoms with Gasteiger partial charge in [0.1, 0.15) is 11.6 Å². The first-order chi connectivity index (χ1) is 8.29. The van der Waals surface area contributed by atoms with Crippen LogP contribution in [0.25, 0.3) is 5.52 Å². The van der Waals surface area contributed by atoms with Crippen molar-refractivity contribution in [1.29, 1.82) is 0 Å². The summed E-state index contributed by atoms with van der Waals surface area (Å²) in [5.41, 5.74) is 0.961. The molecule has 4 heteroatoms. The number of nitrogens with zero attached hydrogens (tertiary/aromatic N) is 3. The molecule has 0 saturated carbocycles. The molecule has 3 heterocycles. The summed E-state index contributed by atoms with van der Waals surface area (Å²) in [6.07, 6.45) is 6.15. The molecule has 2 aromatic rings. The molecule has 1 atom stereocenters. The van der Waals surface area contributed by atoms with E-state index in [0.29, 0.717) is 11.8 Å². The Morgan fingerprint density at radius 3 is 3.24 bits per heavy atom. The summed E-state index contributed by atoms with van der Waals surface area (Å²) in [7, 11) is 0. The van der Waals surface area contributed by atoms with Gasteiger partial charge in [0.2, 0.25) is 0 Å². The SMILES string of the molecule is CCN1CCCC1c1ncc2cc(O)ccn12. The van der Waals surface area contributed by atoms with Gasteiger partial charge >= 0.3 is 0 Å². The third kappa shape index (κ3) is 1.69. The van der Waals surface area contributed by atoms with Crippen LogP contribution in [0.5, 0.6) is 5.75 Å². The largest absolute Gasteiger partial charge is 0.508 e. The zero-order valence-electron chi connectivity index (χ0n) is 10.0. The lowest BCUT2D eigenvalue weighted by Gasteiger charge is -2.21. The smallest absolute Gasteiger partial charge is 0.130 e. The predicted molar refractivity (Wildman–Crippen MR) is 66.1 cm³/mol. The summed E-state index contributed by atoms with van der Waals surface area (Å²) in [6.45, 7) is 4.42. The van der Waals surface area contributed by atoms with Gasteiger partial charge in [-0.2, -0.15) is 0 Å². The summed E-state index contributed by atoms with van der Waals surface area (Å²) < 4.78 is 2.08. The third-order valence-corrected chi connectivity index (χ3v) is 3.61. The quantitative estimate of drug-likeness (QED) is 0.861. The van der Waals surface area contributed by atoms with Crippen molar-refractivity contribution >= 4 is 5.52 Å². The van der Waals surface area contributed by atoms with Gasteiger partial charge in [0.15, 0.2) is 0 Å². The van der Waals surface area contributed by atoms with Gasteiger partial charge < -0.3 is 9.51 Å². The lowest BCUT2D eigenvalue weighted by Crippen LogP contribution is -2.24. The molecular formula is C13H17N3O. The highest BCUT2D eigenvalue weighted by atomic mass is 16.3. The number of imidazole rings is 1. The zero-order valence-corrected chi connectivity index (χ0v) is 10.0. The average Bonchev–Trinajstić information content (AvgIpc) is 2.92. The zero-order chi connectivity index (χ0) is 11.8. The summed E-state index contributed by atoms with van der Waals surface area (Å²) in [4.78, 5) is 6.99. The van der Waals surface area contributed by atoms with Crippen LogP contribution in [0.2, 0.25) is 0 Å². The van der Waals surface area contributed by atoms with E-state index in [1.807, 2.05) is 12.4 Å². The summed E-state index contributed by atoms with van der Waals surface area (Å²) in [5, 5.41) is 9.45. The Morgan fingerprint density at radius 2 is 2.41 bits per heavy atom. The minimum Gasteiger partial charge on any atom is -0.508 e. The van der Waals surface area contributed by atoms with Crippen molar-refractivity contribution in [2.24, 2.45) is 0 Å². The van der Waals surface area contributed by atoms with E-state index in [1.54, 1.807) is 12.1 Å². The minimum atomic E-state index is 0.294. The van der Waals surface area contributed by atoms with Crippen LogP contribution in [0.3, 0.4) is 0 Å². The molecule has 1 aliphatic heterocycles. The Hall–Kier alpha value is -1.55. The van der Waals surface area contributed by atoms with E-state index in [2.05, 4.69) is 21.2 Å². The van der Waals surface area contributed by atoms with Crippen molar-refractivity contribution in [2.75, 3.05) is 13.1 Å². The van der Waals surface area contributed by atoms with Crippen LogP contribution in [0.1, 0.15) is 31.6 Å². The van der Waals surface area contributed by atoms with Crippen molar-refractivity contribution in [2.45, 2.75) is 25.8 Å². The molecule has 17 heavy (non-hydrogen) atoms. The van der Waals surface area contributed by atoms with Crippen molar-refractivity contribution < 1.29 is 5.11 Å². The highest BCUT2D eigenvalue weighted by Crippen LogP contribution is 2.31. The van der Waals surface area contributed by atoms with Gasteiger partial charge in [0.25, 0.3) is 0 Å². The lowest BCUT2D eigenvalue weighted by atomic mass is 10.2. The second-order valence-electron chi connectivity index (χ2n) is 4.58. The van der Waals surface area contributed by atoms with E-state index >= 15 is 0 Å². The number of aromatic hydroxyl groups is 1. The third-order valence-electron chi connectivity index (χ3n) is 3.61. The van der Waals surface area contributed by atoms with E-state index in [1.165, 1.54) is 12.8 Å². The molecule has 1 aliphatic rings. The number of fused-ring (bicyclic) bond motifs is 1. The van der Waals surface area contributed by atoms with Crippen LogP contribution in [0.4, 0.5) is 0 Å². The van der Waals surface area contributed by atoms with E-state index in [-0.39, 0.29) is 0 Å². The standard InChI is InChI=1S/C13H17N3O/c1-2-15-6-3-4-12(15)13-14-9-10-8-11(17)5-7-16(10)13/h5,7-9,12,17H,2-4,6H2,1H3. The van der Waals surface area contributed by atoms with Crippen molar-refractivity contribution in [3.05, 3.63) is 30.4 Å². The molecule has 2 aromatic heterocycles. The van der Waals surface area contributed by atoms with E-state index in [9.17, 15) is 5.11 Å². The Balaban J connectivity index is 2.05. The molecule has 4 nitrogen and oxygen atoms in total. The Labute approximate surface area is 101 Å². The van der Waals surface area contributed by atoms with Gasteiger partial charge in [-0.15, -0.1) is 0 Å². The summed E-state index contributed by atoms with van der Waals surface area (Å²) >= 11 is 0. The first-order valence-corrected chi connectivity index (χ1v) is 6.19. The first kappa shape index (κ1) is 10.6. The number of rotatable bonds is 2. The fourth-order valence-electron chi connectivity index (χ4n) is 2.75. The van der Waals surface area contributed by atoms with Gasteiger partial charge in [0.05, 0.1) is 17.8 Å². The molecule has 1 N–H and O–H groups in total. The topological polar surface area (TPSA) is 40.8 Å². The minimum absolute atomic E-state index is 0.294. The average molecular weight is 231 g/mol. The highest BCUT2D eigenvalue weighted by molar-refractivity contribution is 5.50. The second-order valence-corrected chi connectivity index (χ2v) is 4.58. The molecule has 0 spiro atoms. The molecule has 1 saturated heterocycles. The van der Waals surface area contributed by atoms with E-state index in [4.69, 9.17) is 0 Å². The molecule has 3 rings (SSSR count). The molecular weight excluding hydrogens is 214 g/mol. The number of likely N-dealkylation sites (tertiary alicyclic amines) is 1. The Bertz CT molecular complexity index is 534. The van der Waals surface area contributed by atoms with Crippen LogP contribution in [-0.2, 0) is 0 Å². The van der Waals surface area contributed by atoms with E-state index in [0.717, 1.165) is 24.4 Å². The number of hydrogen-bond donors (Lipinski definition) is 1. The summed E-state index contributed by atoms with van der Waals surface area (Å²) in [6, 6.07) is 3.89. The number of hydrogen-bond acceptors (Lipinski definition) is 3. The van der Waals surface area contributed by atoms with Crippen molar-refractivity contribution in [3.63, 3.8) is 0 Å². The molecule has 1 fully saturated rings. The molecule has 0 aromatic carbocycles. The van der Waals surface area contributed by atoms with E-state index < -0.39 is 0 Å². The Kier molecular flexibility index (Phi) is 2.52. The fourth-order valence-corrected chi connectivity index (χ4v) is 2.75. The van der Waals surface area contributed by atoms with Crippen molar-refractivity contribution in [1.82, 2.24) is 14.3 Å². The van der Waals surface area contributed by atoms with Crippen LogP contribution in [0, 0.1) is 0 Å². The first-order valence-electron chi connectivity index (χ1n) is 6.19. The fraction of sp³-hybridized carbons (Fsp3) is 0.462. The number of aromatic nitrogens is 2. The molecule has 0 radical (unpaired) electrons. The Morgan fingerprint density at radius 1 is 1.53 bits per heavy atom. The van der Waals surface area contributed by atoms with Gasteiger partial charge in [0, 0.05) is 12.3 Å². The van der Waals surface area contributed by atoms with Crippen LogP contribution < -0.4 is 0 Å². The maximum atomic E-state index is 9.45. The van der Waals surface area contributed by atoms with Crippen LogP contribution >= 0.6 is 0 Å². The van der Waals surface area contributed by atoms with Gasteiger partial charge in [-0.25, -0.2) is 4.98 Å². The maximum Gasteiger partial charge on any atom is 0.130 e. The number of pyridine rings is 1. The lowest BCUT2D eigenvalue weighted by molar-refractivity contribution is 0.261. The van der Waals surface area contributed by atoms with Gasteiger partial charge in [-0.3, -0.25) is 4.90 Å². The predicted octanol–water partition coefficient (Wildman–Crippen LogP) is 2.20. The molecule has 0 amide bonds. The molecule has 0 aliphatic carbocycles. The van der Waals surface area contributed by atoms with Crippen LogP contribution in [-0.4, -0.2) is 32.5 Å². The van der Waals surface area contributed by atoms with Crippen molar-refractivity contribution in [3.8, 4) is 5.75 Å². The summed E-state index contributed by atoms with van der Waals surface area (Å²) in [5.74, 6) is 1.39. The molecule has 1 unspecified atom stereocenters. The molecule has 90 valence electrons. The second kappa shape index (κ2) is 4.04.